The molecule has 2 aromatic carbocycles. The van der Waals surface area contributed by atoms with Gasteiger partial charge < -0.3 is 19.5 Å². The maximum absolute atomic E-state index is 10.9. The predicted octanol–water partition coefficient (Wildman–Crippen LogP) is 4.50. The molecule has 0 aliphatic heterocycles. The molecule has 0 spiro atoms. The number of ether oxygens (including phenoxy) is 1. The van der Waals surface area contributed by atoms with Gasteiger partial charge in [-0.2, -0.15) is 0 Å². The van der Waals surface area contributed by atoms with Crippen LogP contribution in [0.3, 0.4) is 0 Å². The summed E-state index contributed by atoms with van der Waals surface area (Å²) in [7, 11) is 1.63. The molecule has 0 saturated heterocycles. The highest BCUT2D eigenvalue weighted by Crippen LogP contribution is 2.12. The minimum Gasteiger partial charge on any atom is -0.497 e. The van der Waals surface area contributed by atoms with Crippen LogP contribution in [0.1, 0.15) is 43.7 Å². The minimum absolute atomic E-state index is 0.0104. The third kappa shape index (κ3) is 8.34. The molecule has 0 aliphatic rings. The first-order chi connectivity index (χ1) is 14.6. The Balaban J connectivity index is 1.70. The van der Waals surface area contributed by atoms with Gasteiger partial charge in [-0.1, -0.05) is 40.6 Å². The number of hydrogen-bond acceptors (Lipinski definition) is 6. The lowest BCUT2D eigenvalue weighted by Gasteiger charge is -2.06. The molecule has 30 heavy (non-hydrogen) atoms. The summed E-state index contributed by atoms with van der Waals surface area (Å²) in [5.41, 5.74) is 3.27. The lowest BCUT2D eigenvalue weighted by Crippen LogP contribution is -2.06. The van der Waals surface area contributed by atoms with Gasteiger partial charge in [0.05, 0.1) is 25.0 Å². The maximum Gasteiger partial charge on any atom is 0.303 e. The minimum atomic E-state index is -0.860. The van der Waals surface area contributed by atoms with Crippen LogP contribution in [-0.2, 0) is 14.5 Å². The van der Waals surface area contributed by atoms with E-state index < -0.39 is 5.97 Å². The van der Waals surface area contributed by atoms with Crippen LogP contribution in [0.5, 0.6) is 5.75 Å². The van der Waals surface area contributed by atoms with Crippen molar-refractivity contribution in [1.82, 2.24) is 0 Å². The van der Waals surface area contributed by atoms with Crippen molar-refractivity contribution in [3.63, 3.8) is 0 Å². The first-order valence-corrected chi connectivity index (χ1v) is 9.87. The molecule has 160 valence electrons. The number of methoxy groups -OCH3 is 1. The van der Waals surface area contributed by atoms with Crippen LogP contribution in [0.15, 0.2) is 64.9 Å². The number of hydrogen-bond donors (Lipinski definition) is 1. The molecule has 0 heterocycles. The van der Waals surface area contributed by atoms with Gasteiger partial charge in [0.2, 0.25) is 0 Å². The third-order valence-electron chi connectivity index (χ3n) is 4.29. The number of rotatable bonds is 13. The molecular weight excluding hydrogens is 384 g/mol. The molecule has 0 aromatic heterocycles. The summed E-state index contributed by atoms with van der Waals surface area (Å²) < 4.78 is 5.14. The Morgan fingerprint density at radius 1 is 0.867 bits per heavy atom. The quantitative estimate of drug-likeness (QED) is 0.297. The zero-order valence-corrected chi connectivity index (χ0v) is 17.4. The van der Waals surface area contributed by atoms with Crippen molar-refractivity contribution in [2.24, 2.45) is 10.3 Å². The third-order valence-corrected chi connectivity index (χ3v) is 4.29. The van der Waals surface area contributed by atoms with Gasteiger partial charge in [0.1, 0.15) is 19.0 Å². The largest absolute Gasteiger partial charge is 0.497 e. The normalized spacial score (nSPS) is 11.8. The fraction of sp³-hybridized carbons (Fsp3) is 0.348. The Morgan fingerprint density at radius 3 is 2.10 bits per heavy atom. The number of carbonyl (C=O) groups is 1. The van der Waals surface area contributed by atoms with E-state index in [9.17, 15) is 4.79 Å². The highest BCUT2D eigenvalue weighted by atomic mass is 16.6. The summed E-state index contributed by atoms with van der Waals surface area (Å²) in [4.78, 5) is 21.6. The fourth-order valence-electron chi connectivity index (χ4n) is 2.58. The molecule has 0 bridgehead atoms. The van der Waals surface area contributed by atoms with Gasteiger partial charge in [0.15, 0.2) is 0 Å². The highest BCUT2D eigenvalue weighted by molar-refractivity contribution is 6.01. The first-order valence-electron chi connectivity index (χ1n) is 9.87. The fourth-order valence-corrected chi connectivity index (χ4v) is 2.58. The van der Waals surface area contributed by atoms with Crippen molar-refractivity contribution in [1.29, 1.82) is 0 Å². The van der Waals surface area contributed by atoms with E-state index in [1.807, 2.05) is 61.5 Å². The van der Waals surface area contributed by atoms with Crippen LogP contribution in [0.2, 0.25) is 0 Å². The van der Waals surface area contributed by atoms with Crippen LogP contribution in [0, 0.1) is 0 Å². The molecule has 0 unspecified atom stereocenters. The molecular formula is C23H28N2O5. The van der Waals surface area contributed by atoms with Crippen molar-refractivity contribution < 1.29 is 24.3 Å². The van der Waals surface area contributed by atoms with E-state index >= 15 is 0 Å². The van der Waals surface area contributed by atoms with Gasteiger partial charge in [-0.15, -0.1) is 0 Å². The average molecular weight is 412 g/mol. The monoisotopic (exact) mass is 412 g/mol. The van der Waals surface area contributed by atoms with Crippen LogP contribution >= 0.6 is 0 Å². The van der Waals surface area contributed by atoms with Gasteiger partial charge >= 0.3 is 5.97 Å². The molecule has 1 N–H and O–H groups in total. The van der Waals surface area contributed by atoms with E-state index in [0.717, 1.165) is 35.4 Å². The van der Waals surface area contributed by atoms with Crippen LogP contribution in [0.25, 0.3) is 0 Å². The second kappa shape index (κ2) is 13.0. The molecule has 7 nitrogen and oxygen atoms in total. The van der Waals surface area contributed by atoms with Crippen LogP contribution in [-0.4, -0.2) is 42.8 Å². The number of carboxylic acids is 1. The number of benzene rings is 2. The van der Waals surface area contributed by atoms with Crippen molar-refractivity contribution in [2.45, 2.75) is 32.6 Å². The summed E-state index contributed by atoms with van der Waals surface area (Å²) in [5, 5.41) is 17.2. The molecule has 7 heteroatoms. The Hall–Kier alpha value is -3.35. The zero-order chi connectivity index (χ0) is 21.6. The predicted molar refractivity (Wildman–Crippen MR) is 116 cm³/mol. The van der Waals surface area contributed by atoms with Crippen molar-refractivity contribution in [3.05, 3.63) is 65.7 Å². The number of nitrogens with zero attached hydrogens (tertiary/aromatic N) is 2. The Kier molecular flexibility index (Phi) is 9.92. The average Bonchev–Trinajstić information content (AvgIpc) is 2.77. The summed E-state index contributed by atoms with van der Waals surface area (Å²) in [6.07, 6.45) is 1.85. The van der Waals surface area contributed by atoms with E-state index in [4.69, 9.17) is 19.5 Å². The Morgan fingerprint density at radius 2 is 1.50 bits per heavy atom. The van der Waals surface area contributed by atoms with Gasteiger partial charge in [-0.25, -0.2) is 0 Å². The summed E-state index contributed by atoms with van der Waals surface area (Å²) >= 11 is 0. The van der Waals surface area contributed by atoms with E-state index in [1.165, 1.54) is 0 Å². The van der Waals surface area contributed by atoms with Crippen LogP contribution < -0.4 is 4.74 Å². The van der Waals surface area contributed by atoms with Gasteiger partial charge in [-0.05, 0) is 55.2 Å². The highest BCUT2D eigenvalue weighted by Gasteiger charge is 2.07. The SMILES string of the molecule is COc1ccc(/C(C)=N/OCCCCO/N=C(/CCC(=O)O)c2ccccc2)cc1. The Labute approximate surface area is 176 Å². The molecule has 0 fully saturated rings. The first kappa shape index (κ1) is 22.9. The van der Waals surface area contributed by atoms with Gasteiger partial charge in [0.25, 0.3) is 0 Å². The second-order valence-electron chi connectivity index (χ2n) is 6.58. The lowest BCUT2D eigenvalue weighted by atomic mass is 10.1. The summed E-state index contributed by atoms with van der Waals surface area (Å²) in [6, 6.07) is 17.1. The molecule has 0 aliphatic carbocycles. The lowest BCUT2D eigenvalue weighted by molar-refractivity contribution is -0.136. The summed E-state index contributed by atoms with van der Waals surface area (Å²) in [5.74, 6) is -0.0604. The number of unbranched alkanes of at least 4 members (excludes halogenated alkanes) is 1. The van der Waals surface area contributed by atoms with E-state index in [1.54, 1.807) is 7.11 Å². The topological polar surface area (TPSA) is 89.7 Å². The van der Waals surface area contributed by atoms with Crippen LogP contribution in [0.4, 0.5) is 0 Å². The number of aliphatic carboxylic acids is 1. The number of carboxylic acid groups (broad SMARTS) is 1. The summed E-state index contributed by atoms with van der Waals surface area (Å²) in [6.45, 7) is 2.79. The molecule has 0 atom stereocenters. The standard InChI is InChI=1S/C23H28N2O5/c1-18(19-10-12-21(28-2)13-11-19)24-29-16-6-7-17-30-25-22(14-15-23(26)27)20-8-4-3-5-9-20/h3-5,8-13H,6-7,14-17H2,1-2H3,(H,26,27)/b24-18+,25-22-. The zero-order valence-electron chi connectivity index (χ0n) is 17.4. The molecule has 0 radical (unpaired) electrons. The van der Waals surface area contributed by atoms with E-state index in [0.29, 0.717) is 25.3 Å². The molecule has 0 saturated carbocycles. The van der Waals surface area contributed by atoms with Gasteiger partial charge in [-0.3, -0.25) is 4.79 Å². The maximum atomic E-state index is 10.9. The molecule has 0 amide bonds. The van der Waals surface area contributed by atoms with E-state index in [-0.39, 0.29) is 6.42 Å². The second-order valence-corrected chi connectivity index (χ2v) is 6.58. The Bertz CT molecular complexity index is 832. The van der Waals surface area contributed by atoms with Crippen molar-refractivity contribution in [3.8, 4) is 5.75 Å². The van der Waals surface area contributed by atoms with E-state index in [2.05, 4.69) is 10.3 Å². The number of oxime groups is 2. The van der Waals surface area contributed by atoms with Gasteiger partial charge in [0, 0.05) is 6.42 Å². The van der Waals surface area contributed by atoms with Crippen molar-refractivity contribution in [2.75, 3.05) is 20.3 Å². The smallest absolute Gasteiger partial charge is 0.303 e. The van der Waals surface area contributed by atoms with Crippen molar-refractivity contribution >= 4 is 17.4 Å². The molecule has 2 aromatic rings. The molecule has 2 rings (SSSR count).